The number of aliphatic hydroxyl groups excluding tert-OH is 1. The van der Waals surface area contributed by atoms with Gasteiger partial charge in [0.05, 0.1) is 26.4 Å². The fourth-order valence-corrected chi connectivity index (χ4v) is 14.2. The Kier molecular flexibility index (Phi) is 70.9. The molecule has 6 atom stereocenters. The van der Waals surface area contributed by atoms with Crippen LogP contribution in [-0.4, -0.2) is 96.7 Å². The number of unbranched alkanes of at least 4 members (excludes halogenated alkanes) is 47. The third kappa shape index (κ3) is 74.7. The number of phosphoric ester groups is 2. The van der Waals surface area contributed by atoms with Gasteiger partial charge in [-0.1, -0.05) is 376 Å². The summed E-state index contributed by atoms with van der Waals surface area (Å²) < 4.78 is 68.7. The van der Waals surface area contributed by atoms with Gasteiger partial charge in [0.15, 0.2) is 12.2 Å². The molecule has 0 fully saturated rings. The van der Waals surface area contributed by atoms with Crippen molar-refractivity contribution in [2.45, 2.75) is 446 Å². The van der Waals surface area contributed by atoms with E-state index in [0.29, 0.717) is 25.7 Å². The maximum atomic E-state index is 13.1. The molecule has 0 radical (unpaired) electrons. The lowest BCUT2D eigenvalue weighted by atomic mass is 10.00. The Hall–Kier alpha value is -1.94. The Balaban J connectivity index is 5.22. The fourth-order valence-electron chi connectivity index (χ4n) is 12.6. The molecule has 0 spiro atoms. The summed E-state index contributed by atoms with van der Waals surface area (Å²) in [5, 5.41) is 10.6. The van der Waals surface area contributed by atoms with Crippen LogP contribution in [0, 0.1) is 17.8 Å². The van der Waals surface area contributed by atoms with Gasteiger partial charge in [-0.25, -0.2) is 9.13 Å². The zero-order chi connectivity index (χ0) is 74.4. The zero-order valence-corrected chi connectivity index (χ0v) is 68.2. The van der Waals surface area contributed by atoms with E-state index in [4.69, 9.17) is 37.0 Å². The summed E-state index contributed by atoms with van der Waals surface area (Å²) in [6.45, 7) is 11.9. The van der Waals surface area contributed by atoms with E-state index in [-0.39, 0.29) is 25.7 Å². The fraction of sp³-hybridized carbons (Fsp3) is 0.951. The third-order valence-electron chi connectivity index (χ3n) is 19.5. The van der Waals surface area contributed by atoms with Crippen molar-refractivity contribution in [3.8, 4) is 0 Å². The van der Waals surface area contributed by atoms with Gasteiger partial charge in [-0.15, -0.1) is 0 Å². The largest absolute Gasteiger partial charge is 0.472 e. The quantitative estimate of drug-likeness (QED) is 0.0222. The summed E-state index contributed by atoms with van der Waals surface area (Å²) in [4.78, 5) is 73.0. The van der Waals surface area contributed by atoms with Gasteiger partial charge in [0.1, 0.15) is 19.3 Å². The number of phosphoric acid groups is 2. The molecule has 3 unspecified atom stereocenters. The molecule has 0 aromatic heterocycles. The standard InChI is InChI=1S/C82H160O17P2/c1-8-10-11-12-13-14-15-16-17-18-22-25-28-31-36-41-49-56-63-79(84)92-69-77(98-81(86)65-58-51-42-37-32-29-26-23-20-19-21-24-27-30-34-39-46-53-60-73(3)4)71-96-100(88,89)94-67-76(83)68-95-101(90,91)97-72-78(70-93-80(85)64-57-50-45-44-48-55-62-75(7)9-2)99-82(87)66-59-52-43-38-33-35-40-47-54-61-74(5)6/h73-78,83H,8-72H2,1-7H3,(H,88,89)(H,90,91)/t75?,76-,77-,78-/m1/s1. The molecule has 600 valence electrons. The van der Waals surface area contributed by atoms with Crippen LogP contribution in [0.3, 0.4) is 0 Å². The number of aliphatic hydroxyl groups is 1. The molecule has 101 heavy (non-hydrogen) atoms. The molecule has 0 heterocycles. The van der Waals surface area contributed by atoms with Gasteiger partial charge in [0.25, 0.3) is 0 Å². The summed E-state index contributed by atoms with van der Waals surface area (Å²) in [7, 11) is -9.92. The van der Waals surface area contributed by atoms with Crippen molar-refractivity contribution in [2.24, 2.45) is 17.8 Å². The van der Waals surface area contributed by atoms with E-state index in [0.717, 1.165) is 114 Å². The molecular weight excluding hydrogens is 1320 g/mol. The number of rotatable bonds is 80. The monoisotopic (exact) mass is 1480 g/mol. The average molecular weight is 1480 g/mol. The lowest BCUT2D eigenvalue weighted by molar-refractivity contribution is -0.161. The van der Waals surface area contributed by atoms with Gasteiger partial charge in [-0.3, -0.25) is 37.3 Å². The van der Waals surface area contributed by atoms with Crippen molar-refractivity contribution < 1.29 is 80.2 Å². The molecule has 0 saturated carbocycles. The van der Waals surface area contributed by atoms with Gasteiger partial charge in [-0.2, -0.15) is 0 Å². The van der Waals surface area contributed by atoms with Gasteiger partial charge in [0.2, 0.25) is 0 Å². The maximum absolute atomic E-state index is 13.1. The van der Waals surface area contributed by atoms with Crippen molar-refractivity contribution in [3.63, 3.8) is 0 Å². The van der Waals surface area contributed by atoms with E-state index >= 15 is 0 Å². The second-order valence-corrected chi connectivity index (χ2v) is 33.6. The Labute approximate surface area is 619 Å². The van der Waals surface area contributed by atoms with Crippen molar-refractivity contribution in [2.75, 3.05) is 39.6 Å². The highest BCUT2D eigenvalue weighted by atomic mass is 31.2. The van der Waals surface area contributed by atoms with E-state index < -0.39 is 97.5 Å². The van der Waals surface area contributed by atoms with Crippen molar-refractivity contribution in [3.05, 3.63) is 0 Å². The maximum Gasteiger partial charge on any atom is 0.472 e. The van der Waals surface area contributed by atoms with Gasteiger partial charge >= 0.3 is 39.5 Å². The minimum absolute atomic E-state index is 0.104. The SMILES string of the molecule is CCCCCCCCCCCCCCCCCCCCC(=O)OC[C@H](COP(=O)(O)OC[C@@H](O)COP(=O)(O)OC[C@@H](COC(=O)CCCCCCCCC(C)CC)OC(=O)CCCCCCCCCCCC(C)C)OC(=O)CCCCCCCCCCCCCCCCCCCCC(C)C. The molecule has 0 aliphatic rings. The average Bonchev–Trinajstić information content (AvgIpc) is 0.915. The van der Waals surface area contributed by atoms with Crippen molar-refractivity contribution in [1.29, 1.82) is 0 Å². The first-order chi connectivity index (χ1) is 48.8. The summed E-state index contributed by atoms with van der Waals surface area (Å²) in [5.41, 5.74) is 0. The van der Waals surface area contributed by atoms with Gasteiger partial charge in [0, 0.05) is 25.7 Å². The first-order valence-electron chi connectivity index (χ1n) is 42.4. The van der Waals surface area contributed by atoms with Gasteiger partial charge < -0.3 is 33.8 Å². The van der Waals surface area contributed by atoms with Crippen LogP contribution in [0.5, 0.6) is 0 Å². The molecule has 3 N–H and O–H groups in total. The van der Waals surface area contributed by atoms with Crippen LogP contribution >= 0.6 is 15.6 Å². The van der Waals surface area contributed by atoms with E-state index in [1.54, 1.807) is 0 Å². The van der Waals surface area contributed by atoms with Crippen LogP contribution < -0.4 is 0 Å². The van der Waals surface area contributed by atoms with Crippen molar-refractivity contribution >= 4 is 39.5 Å². The number of hydrogen-bond acceptors (Lipinski definition) is 15. The van der Waals surface area contributed by atoms with Crippen molar-refractivity contribution in [1.82, 2.24) is 0 Å². The molecule has 19 heteroatoms. The van der Waals surface area contributed by atoms with Crippen LogP contribution in [0.25, 0.3) is 0 Å². The predicted molar refractivity (Wildman–Crippen MR) is 414 cm³/mol. The summed E-state index contributed by atoms with van der Waals surface area (Å²) in [5.74, 6) is 0.175. The Morgan fingerprint density at radius 2 is 0.505 bits per heavy atom. The first kappa shape index (κ1) is 99.1. The molecule has 0 saturated heterocycles. The number of carbonyl (C=O) groups is 4. The molecule has 0 aromatic rings. The number of esters is 4. The molecule has 0 bridgehead atoms. The minimum Gasteiger partial charge on any atom is -0.462 e. The normalized spacial score (nSPS) is 14.2. The summed E-state index contributed by atoms with van der Waals surface area (Å²) in [6, 6.07) is 0. The summed E-state index contributed by atoms with van der Waals surface area (Å²) >= 11 is 0. The van der Waals surface area contributed by atoms with E-state index in [1.807, 2.05) is 0 Å². The molecule has 0 aliphatic carbocycles. The molecule has 0 aromatic carbocycles. The molecule has 17 nitrogen and oxygen atoms in total. The van der Waals surface area contributed by atoms with E-state index in [1.165, 1.54) is 231 Å². The molecular formula is C82H160O17P2. The Morgan fingerprint density at radius 1 is 0.287 bits per heavy atom. The van der Waals surface area contributed by atoms with Crippen LogP contribution in [0.4, 0.5) is 0 Å². The van der Waals surface area contributed by atoms with Crippen LogP contribution in [0.2, 0.25) is 0 Å². The van der Waals surface area contributed by atoms with E-state index in [9.17, 15) is 43.2 Å². The topological polar surface area (TPSA) is 237 Å². The Morgan fingerprint density at radius 3 is 0.752 bits per heavy atom. The third-order valence-corrected chi connectivity index (χ3v) is 21.4. The second kappa shape index (κ2) is 72.3. The van der Waals surface area contributed by atoms with Gasteiger partial charge in [-0.05, 0) is 43.4 Å². The zero-order valence-electron chi connectivity index (χ0n) is 66.4. The predicted octanol–water partition coefficient (Wildman–Crippen LogP) is 24.5. The second-order valence-electron chi connectivity index (χ2n) is 30.7. The first-order valence-corrected chi connectivity index (χ1v) is 45.4. The smallest absolute Gasteiger partial charge is 0.462 e. The highest BCUT2D eigenvalue weighted by molar-refractivity contribution is 7.47. The Bertz CT molecular complexity index is 1960. The van der Waals surface area contributed by atoms with E-state index in [2.05, 4.69) is 48.5 Å². The number of carbonyl (C=O) groups excluding carboxylic acids is 4. The van der Waals surface area contributed by atoms with Crippen LogP contribution in [0.1, 0.15) is 427 Å². The highest BCUT2D eigenvalue weighted by Gasteiger charge is 2.30. The van der Waals surface area contributed by atoms with Crippen LogP contribution in [0.15, 0.2) is 0 Å². The number of hydrogen-bond donors (Lipinski definition) is 3. The lowest BCUT2D eigenvalue weighted by Gasteiger charge is -2.21. The lowest BCUT2D eigenvalue weighted by Crippen LogP contribution is -2.30. The molecule has 0 amide bonds. The minimum atomic E-state index is -4.96. The molecule has 0 aliphatic heterocycles. The molecule has 0 rings (SSSR count). The van der Waals surface area contributed by atoms with Crippen LogP contribution in [-0.2, 0) is 65.4 Å². The highest BCUT2D eigenvalue weighted by Crippen LogP contribution is 2.45. The summed E-state index contributed by atoms with van der Waals surface area (Å²) in [6.07, 6.45) is 61.2. The number of ether oxygens (including phenoxy) is 4.